The summed E-state index contributed by atoms with van der Waals surface area (Å²) in [6, 6.07) is 7.75. The Morgan fingerprint density at radius 1 is 1.11 bits per heavy atom. The average Bonchev–Trinajstić information content (AvgIpc) is 2.81. The molecule has 1 aliphatic heterocycles. The smallest absolute Gasteiger partial charge is 0.252 e. The Labute approximate surface area is 165 Å². The van der Waals surface area contributed by atoms with E-state index >= 15 is 0 Å². The number of likely N-dealkylation sites (N-methyl/N-ethyl adjacent to an activating group) is 1. The molecule has 0 aliphatic carbocycles. The number of amides is 3. The molecule has 3 atom stereocenters. The second kappa shape index (κ2) is 9.32. The molecule has 1 heterocycles. The highest BCUT2D eigenvalue weighted by Crippen LogP contribution is 2.19. The summed E-state index contributed by atoms with van der Waals surface area (Å²) in [5, 5.41) is 14.9. The van der Waals surface area contributed by atoms with Crippen LogP contribution in [0.15, 0.2) is 48.7 Å². The maximum atomic E-state index is 12.6. The van der Waals surface area contributed by atoms with Crippen molar-refractivity contribution in [2.45, 2.75) is 39.0 Å². The third-order valence-corrected chi connectivity index (χ3v) is 4.49. The van der Waals surface area contributed by atoms with Crippen LogP contribution in [0.25, 0.3) is 5.57 Å². The number of carbonyl (C=O) groups is 3. The zero-order valence-corrected chi connectivity index (χ0v) is 16.5. The number of rotatable bonds is 6. The highest BCUT2D eigenvalue weighted by atomic mass is 16.3. The number of hydrogen-bond acceptors (Lipinski definition) is 4. The van der Waals surface area contributed by atoms with Gasteiger partial charge in [-0.1, -0.05) is 44.2 Å². The summed E-state index contributed by atoms with van der Waals surface area (Å²) in [7, 11) is 1.62. The van der Waals surface area contributed by atoms with E-state index in [0.717, 1.165) is 11.1 Å². The zero-order valence-electron chi connectivity index (χ0n) is 16.5. The quantitative estimate of drug-likeness (QED) is 0.682. The number of allylic oxidation sites excluding steroid dienone is 2. The zero-order chi connectivity index (χ0) is 20.8. The minimum absolute atomic E-state index is 0.269. The summed E-state index contributed by atoms with van der Waals surface area (Å²) >= 11 is 0. The lowest BCUT2D eigenvalue weighted by Gasteiger charge is -2.22. The van der Waals surface area contributed by atoms with E-state index in [2.05, 4.69) is 10.6 Å². The van der Waals surface area contributed by atoms with E-state index < -0.39 is 30.0 Å². The Bertz CT molecular complexity index is 786. The fourth-order valence-corrected chi connectivity index (χ4v) is 2.66. The van der Waals surface area contributed by atoms with Gasteiger partial charge in [0.1, 0.15) is 18.2 Å². The Morgan fingerprint density at radius 2 is 1.75 bits per heavy atom. The molecule has 7 heteroatoms. The van der Waals surface area contributed by atoms with Gasteiger partial charge < -0.3 is 20.6 Å². The average molecular weight is 385 g/mol. The Balaban J connectivity index is 2.14. The summed E-state index contributed by atoms with van der Waals surface area (Å²) in [4.78, 5) is 38.5. The van der Waals surface area contributed by atoms with Gasteiger partial charge in [0, 0.05) is 13.2 Å². The first kappa shape index (κ1) is 21.4. The van der Waals surface area contributed by atoms with Crippen molar-refractivity contribution in [1.29, 1.82) is 0 Å². The number of aliphatic hydroxyl groups is 1. The maximum absolute atomic E-state index is 12.6. The molecule has 0 radical (unpaired) electrons. The molecule has 0 saturated carbocycles. The highest BCUT2D eigenvalue weighted by molar-refractivity contribution is 5.96. The van der Waals surface area contributed by atoms with E-state index in [9.17, 15) is 19.5 Å². The Kier molecular flexibility index (Phi) is 7.12. The van der Waals surface area contributed by atoms with E-state index in [4.69, 9.17) is 0 Å². The molecule has 0 fully saturated rings. The van der Waals surface area contributed by atoms with E-state index in [1.54, 1.807) is 33.2 Å². The van der Waals surface area contributed by atoms with Crippen LogP contribution in [0.3, 0.4) is 0 Å². The van der Waals surface area contributed by atoms with Crippen LogP contribution >= 0.6 is 0 Å². The molecule has 2 rings (SSSR count). The molecule has 3 N–H and O–H groups in total. The van der Waals surface area contributed by atoms with Crippen molar-refractivity contribution in [3.63, 3.8) is 0 Å². The van der Waals surface area contributed by atoms with Crippen molar-refractivity contribution in [2.75, 3.05) is 7.05 Å². The van der Waals surface area contributed by atoms with Crippen molar-refractivity contribution < 1.29 is 19.5 Å². The van der Waals surface area contributed by atoms with Gasteiger partial charge in [-0.3, -0.25) is 14.4 Å². The van der Waals surface area contributed by atoms with Crippen molar-refractivity contribution in [3.8, 4) is 0 Å². The molecule has 1 aromatic rings. The SMILES string of the molecule is CC(C)[C@H](O)C(=O)N[C@@H](C)C(=O)N[C@H]1C=C(c2ccccc2)C=CN(C)C1=O. The molecule has 0 bridgehead atoms. The van der Waals surface area contributed by atoms with Gasteiger partial charge >= 0.3 is 0 Å². The first-order chi connectivity index (χ1) is 13.2. The molecule has 1 aromatic carbocycles. The first-order valence-corrected chi connectivity index (χ1v) is 9.21. The maximum Gasteiger partial charge on any atom is 0.252 e. The molecular formula is C21H27N3O4. The van der Waals surface area contributed by atoms with Crippen molar-refractivity contribution in [1.82, 2.24) is 15.5 Å². The number of carbonyl (C=O) groups excluding carboxylic acids is 3. The van der Waals surface area contributed by atoms with Crippen LogP contribution in [0.1, 0.15) is 26.3 Å². The molecule has 1 aliphatic rings. The normalized spacial score (nSPS) is 18.9. The number of nitrogens with one attached hydrogen (secondary N) is 2. The molecular weight excluding hydrogens is 358 g/mol. The topological polar surface area (TPSA) is 98.7 Å². The van der Waals surface area contributed by atoms with E-state index in [1.807, 2.05) is 36.4 Å². The van der Waals surface area contributed by atoms with Gasteiger partial charge in [-0.25, -0.2) is 0 Å². The van der Waals surface area contributed by atoms with Crippen LogP contribution in [0, 0.1) is 5.92 Å². The summed E-state index contributed by atoms with van der Waals surface area (Å²) in [6.07, 6.45) is 3.95. The minimum Gasteiger partial charge on any atom is -0.383 e. The van der Waals surface area contributed by atoms with E-state index in [1.165, 1.54) is 11.8 Å². The largest absolute Gasteiger partial charge is 0.383 e. The van der Waals surface area contributed by atoms with Gasteiger partial charge in [0.25, 0.3) is 5.91 Å². The lowest BCUT2D eigenvalue weighted by Crippen LogP contribution is -2.53. The second-order valence-electron chi connectivity index (χ2n) is 7.16. The van der Waals surface area contributed by atoms with Crippen molar-refractivity contribution >= 4 is 23.3 Å². The molecule has 0 saturated heterocycles. The Morgan fingerprint density at radius 3 is 2.36 bits per heavy atom. The number of nitrogens with zero attached hydrogens (tertiary/aromatic N) is 1. The molecule has 0 unspecified atom stereocenters. The second-order valence-corrected chi connectivity index (χ2v) is 7.16. The summed E-state index contributed by atoms with van der Waals surface area (Å²) < 4.78 is 0. The molecule has 150 valence electrons. The molecule has 28 heavy (non-hydrogen) atoms. The van der Waals surface area contributed by atoms with Gasteiger partial charge in [0.15, 0.2) is 0 Å². The van der Waals surface area contributed by atoms with E-state index in [-0.39, 0.29) is 11.8 Å². The summed E-state index contributed by atoms with van der Waals surface area (Å²) in [5.41, 5.74) is 1.72. The predicted octanol–water partition coefficient (Wildman–Crippen LogP) is 1.06. The van der Waals surface area contributed by atoms with Crippen LogP contribution in [-0.2, 0) is 14.4 Å². The van der Waals surface area contributed by atoms with Crippen LogP contribution < -0.4 is 10.6 Å². The lowest BCUT2D eigenvalue weighted by atomic mass is 10.0. The molecule has 3 amide bonds. The highest BCUT2D eigenvalue weighted by Gasteiger charge is 2.28. The molecule has 0 spiro atoms. The third-order valence-electron chi connectivity index (χ3n) is 4.49. The number of hydrogen-bond donors (Lipinski definition) is 3. The fourth-order valence-electron chi connectivity index (χ4n) is 2.66. The van der Waals surface area contributed by atoms with Gasteiger partial charge in [0.05, 0.1) is 0 Å². The molecule has 7 nitrogen and oxygen atoms in total. The van der Waals surface area contributed by atoms with Crippen LogP contribution in [0.4, 0.5) is 0 Å². The molecule has 0 aromatic heterocycles. The van der Waals surface area contributed by atoms with Crippen LogP contribution in [0.2, 0.25) is 0 Å². The first-order valence-electron chi connectivity index (χ1n) is 9.21. The van der Waals surface area contributed by atoms with Crippen molar-refractivity contribution in [2.24, 2.45) is 5.92 Å². The standard InChI is InChI=1S/C21H27N3O4/c1-13(2)18(25)20(27)22-14(3)19(26)23-17-12-16(10-11-24(4)21(17)28)15-8-6-5-7-9-15/h5-14,17-18,25H,1-4H3,(H,22,27)(H,23,26)/t14-,17-,18-/m0/s1. The lowest BCUT2D eigenvalue weighted by molar-refractivity contribution is -0.136. The summed E-state index contributed by atoms with van der Waals surface area (Å²) in [6.45, 7) is 4.92. The minimum atomic E-state index is -1.20. The van der Waals surface area contributed by atoms with Crippen molar-refractivity contribution in [3.05, 3.63) is 54.2 Å². The monoisotopic (exact) mass is 385 g/mol. The Hall–Kier alpha value is -2.93. The van der Waals surface area contributed by atoms with Crippen LogP contribution in [-0.4, -0.2) is 53.0 Å². The van der Waals surface area contributed by atoms with Gasteiger partial charge in [-0.15, -0.1) is 0 Å². The number of aliphatic hydroxyl groups excluding tert-OH is 1. The van der Waals surface area contributed by atoms with Gasteiger partial charge in [-0.05, 0) is 36.1 Å². The number of benzene rings is 1. The van der Waals surface area contributed by atoms with Gasteiger partial charge in [0.2, 0.25) is 11.8 Å². The summed E-state index contributed by atoms with van der Waals surface area (Å²) in [5.74, 6) is -1.70. The third kappa shape index (κ3) is 5.29. The fraction of sp³-hybridized carbons (Fsp3) is 0.381. The van der Waals surface area contributed by atoms with Gasteiger partial charge in [-0.2, -0.15) is 0 Å². The van der Waals surface area contributed by atoms with E-state index in [0.29, 0.717) is 0 Å². The van der Waals surface area contributed by atoms with Crippen LogP contribution in [0.5, 0.6) is 0 Å². The predicted molar refractivity (Wildman–Crippen MR) is 107 cm³/mol.